The predicted octanol–water partition coefficient (Wildman–Crippen LogP) is 8.92. The first kappa shape index (κ1) is 27.8. The molecule has 1 amide bonds. The Morgan fingerprint density at radius 1 is 0.950 bits per heavy atom. The summed E-state index contributed by atoms with van der Waals surface area (Å²) in [5, 5.41) is 2.71. The van der Waals surface area contributed by atoms with E-state index in [-0.39, 0.29) is 5.97 Å². The van der Waals surface area contributed by atoms with Gasteiger partial charge in [0.25, 0.3) is 0 Å². The average Bonchev–Trinajstić information content (AvgIpc) is 3.68. The van der Waals surface area contributed by atoms with Crippen LogP contribution in [-0.2, 0) is 19.7 Å². The number of esters is 1. The molecule has 1 aromatic heterocycles. The standard InChI is InChI=1S/C31H26ClF2NO4S/c1-3-38-29(36)31(14-15-31)23-11-8-20(9-12-23)19-4-6-21(7-5-19)28-26(17-27(32)40-28)35-30(37)39-18(2)22-10-13-24(33)25(34)16-22/h4-13,16-18H,3,14-15H2,1-2H3,(H,35,37). The Morgan fingerprint density at radius 2 is 1.57 bits per heavy atom. The fourth-order valence-electron chi connectivity index (χ4n) is 4.60. The molecule has 0 spiro atoms. The molecular formula is C31H26ClF2NO4S. The lowest BCUT2D eigenvalue weighted by atomic mass is 9.93. The minimum Gasteiger partial charge on any atom is -0.465 e. The van der Waals surface area contributed by atoms with Gasteiger partial charge in [0.15, 0.2) is 11.6 Å². The van der Waals surface area contributed by atoms with E-state index in [1.807, 2.05) is 55.5 Å². The summed E-state index contributed by atoms with van der Waals surface area (Å²) in [6, 6.07) is 20.8. The molecule has 0 radical (unpaired) electrons. The first-order chi connectivity index (χ1) is 19.2. The molecule has 0 bridgehead atoms. The molecule has 1 saturated carbocycles. The van der Waals surface area contributed by atoms with Crippen molar-refractivity contribution < 1.29 is 27.8 Å². The lowest BCUT2D eigenvalue weighted by molar-refractivity contribution is -0.146. The van der Waals surface area contributed by atoms with Crippen LogP contribution in [0.2, 0.25) is 4.34 Å². The number of anilines is 1. The molecule has 9 heteroatoms. The van der Waals surface area contributed by atoms with Crippen LogP contribution in [0.25, 0.3) is 21.6 Å². The fraction of sp³-hybridized carbons (Fsp3) is 0.226. The van der Waals surface area contributed by atoms with Gasteiger partial charge in [-0.1, -0.05) is 66.2 Å². The molecule has 3 aromatic carbocycles. The SMILES string of the molecule is CCOC(=O)C1(c2ccc(-c3ccc(-c4sc(Cl)cc4NC(=O)OC(C)c4ccc(F)c(F)c4)cc3)cc2)CC1. The van der Waals surface area contributed by atoms with Gasteiger partial charge >= 0.3 is 12.1 Å². The summed E-state index contributed by atoms with van der Waals surface area (Å²) in [4.78, 5) is 25.7. The van der Waals surface area contributed by atoms with Crippen molar-refractivity contribution in [3.8, 4) is 21.6 Å². The molecular weight excluding hydrogens is 556 g/mol. The van der Waals surface area contributed by atoms with Crippen molar-refractivity contribution in [3.05, 3.63) is 99.9 Å². The zero-order valence-corrected chi connectivity index (χ0v) is 23.4. The van der Waals surface area contributed by atoms with Gasteiger partial charge < -0.3 is 9.47 Å². The molecule has 1 heterocycles. The highest BCUT2D eigenvalue weighted by molar-refractivity contribution is 7.20. The minimum absolute atomic E-state index is 0.159. The number of benzene rings is 3. The summed E-state index contributed by atoms with van der Waals surface area (Å²) < 4.78 is 37.9. The summed E-state index contributed by atoms with van der Waals surface area (Å²) >= 11 is 7.58. The summed E-state index contributed by atoms with van der Waals surface area (Å²) in [6.45, 7) is 3.75. The number of amides is 1. The molecule has 5 rings (SSSR count). The highest BCUT2D eigenvalue weighted by Gasteiger charge is 2.52. The smallest absolute Gasteiger partial charge is 0.412 e. The number of thiophene rings is 1. The van der Waals surface area contributed by atoms with Gasteiger partial charge in [-0.2, -0.15) is 0 Å². The van der Waals surface area contributed by atoms with E-state index in [0.29, 0.717) is 22.2 Å². The van der Waals surface area contributed by atoms with Crippen LogP contribution in [0.1, 0.15) is 43.9 Å². The Labute approximate surface area is 239 Å². The van der Waals surface area contributed by atoms with Gasteiger partial charge in [-0.05, 0) is 72.7 Å². The number of hydrogen-bond acceptors (Lipinski definition) is 5. The van der Waals surface area contributed by atoms with E-state index in [0.717, 1.165) is 52.1 Å². The van der Waals surface area contributed by atoms with Gasteiger partial charge in [0, 0.05) is 0 Å². The van der Waals surface area contributed by atoms with E-state index in [1.54, 1.807) is 13.0 Å². The summed E-state index contributed by atoms with van der Waals surface area (Å²) in [7, 11) is 0. The molecule has 1 unspecified atom stereocenters. The van der Waals surface area contributed by atoms with Crippen LogP contribution in [0.5, 0.6) is 0 Å². The van der Waals surface area contributed by atoms with Crippen molar-refractivity contribution in [1.29, 1.82) is 0 Å². The largest absolute Gasteiger partial charge is 0.465 e. The zero-order chi connectivity index (χ0) is 28.4. The van der Waals surface area contributed by atoms with Crippen LogP contribution in [-0.4, -0.2) is 18.7 Å². The van der Waals surface area contributed by atoms with Crippen LogP contribution in [0.4, 0.5) is 19.3 Å². The predicted molar refractivity (Wildman–Crippen MR) is 153 cm³/mol. The van der Waals surface area contributed by atoms with Gasteiger partial charge in [0.05, 0.1) is 26.9 Å². The number of nitrogens with one attached hydrogen (secondary N) is 1. The molecule has 1 fully saturated rings. The van der Waals surface area contributed by atoms with Crippen molar-refractivity contribution in [2.24, 2.45) is 0 Å². The highest BCUT2D eigenvalue weighted by Crippen LogP contribution is 2.49. The van der Waals surface area contributed by atoms with Crippen LogP contribution in [0, 0.1) is 11.6 Å². The van der Waals surface area contributed by atoms with E-state index >= 15 is 0 Å². The minimum atomic E-state index is -1.01. The topological polar surface area (TPSA) is 64.6 Å². The number of halogens is 3. The van der Waals surface area contributed by atoms with Crippen molar-refractivity contribution in [2.45, 2.75) is 38.2 Å². The molecule has 1 aliphatic carbocycles. The van der Waals surface area contributed by atoms with Gasteiger partial charge in [0.1, 0.15) is 6.10 Å². The van der Waals surface area contributed by atoms with Gasteiger partial charge in [-0.15, -0.1) is 11.3 Å². The maximum atomic E-state index is 13.6. The van der Waals surface area contributed by atoms with E-state index in [9.17, 15) is 18.4 Å². The normalized spacial score (nSPS) is 14.3. The zero-order valence-electron chi connectivity index (χ0n) is 21.8. The molecule has 1 N–H and O–H groups in total. The summed E-state index contributed by atoms with van der Waals surface area (Å²) in [6.07, 6.45) is 0.0552. The average molecular weight is 582 g/mol. The second-order valence-corrected chi connectivity index (χ2v) is 11.3. The number of hydrogen-bond donors (Lipinski definition) is 1. The number of ether oxygens (including phenoxy) is 2. The second kappa shape index (κ2) is 11.4. The van der Waals surface area contributed by atoms with E-state index in [1.165, 1.54) is 17.4 Å². The van der Waals surface area contributed by atoms with Crippen LogP contribution >= 0.6 is 22.9 Å². The molecule has 1 atom stereocenters. The maximum Gasteiger partial charge on any atom is 0.412 e. The maximum absolute atomic E-state index is 13.6. The van der Waals surface area contributed by atoms with Crippen LogP contribution in [0.3, 0.4) is 0 Å². The molecule has 0 aliphatic heterocycles. The molecule has 206 valence electrons. The van der Waals surface area contributed by atoms with E-state index < -0.39 is 29.2 Å². The molecule has 0 saturated heterocycles. The van der Waals surface area contributed by atoms with Crippen molar-refractivity contribution >= 4 is 40.7 Å². The first-order valence-corrected chi connectivity index (χ1v) is 14.0. The number of carbonyl (C=O) groups excluding carboxylic acids is 2. The van der Waals surface area contributed by atoms with Crippen LogP contribution < -0.4 is 5.32 Å². The molecule has 1 aliphatic rings. The molecule has 40 heavy (non-hydrogen) atoms. The Bertz CT molecular complexity index is 1550. The van der Waals surface area contributed by atoms with Crippen LogP contribution in [0.15, 0.2) is 72.8 Å². The summed E-state index contributed by atoms with van der Waals surface area (Å²) in [5.41, 5.74) is 4.12. The first-order valence-electron chi connectivity index (χ1n) is 12.8. The van der Waals surface area contributed by atoms with Gasteiger partial charge in [-0.3, -0.25) is 10.1 Å². The van der Waals surface area contributed by atoms with Crippen molar-refractivity contribution in [3.63, 3.8) is 0 Å². The number of carbonyl (C=O) groups is 2. The second-order valence-electron chi connectivity index (χ2n) is 9.60. The van der Waals surface area contributed by atoms with Crippen molar-refractivity contribution in [1.82, 2.24) is 0 Å². The van der Waals surface area contributed by atoms with E-state index in [2.05, 4.69) is 5.32 Å². The molecule has 5 nitrogen and oxygen atoms in total. The lowest BCUT2D eigenvalue weighted by Gasteiger charge is -2.15. The third kappa shape index (κ3) is 5.74. The third-order valence-electron chi connectivity index (χ3n) is 6.97. The Balaban J connectivity index is 1.28. The Morgan fingerprint density at radius 3 is 2.17 bits per heavy atom. The number of rotatable bonds is 8. The highest BCUT2D eigenvalue weighted by atomic mass is 35.5. The Kier molecular flexibility index (Phi) is 7.92. The summed E-state index contributed by atoms with van der Waals surface area (Å²) in [5.74, 6) is -2.14. The Hall–Kier alpha value is -3.75. The van der Waals surface area contributed by atoms with Gasteiger partial charge in [0.2, 0.25) is 0 Å². The molecule has 4 aromatic rings. The van der Waals surface area contributed by atoms with Crippen molar-refractivity contribution in [2.75, 3.05) is 11.9 Å². The van der Waals surface area contributed by atoms with Gasteiger partial charge in [-0.25, -0.2) is 13.6 Å². The monoisotopic (exact) mass is 581 g/mol. The quantitative estimate of drug-likeness (QED) is 0.211. The fourth-order valence-corrected chi connectivity index (χ4v) is 5.79. The van der Waals surface area contributed by atoms with E-state index in [4.69, 9.17) is 21.1 Å². The third-order valence-corrected chi connectivity index (χ3v) is 8.28. The lowest BCUT2D eigenvalue weighted by Crippen LogP contribution is -2.23.